The molecule has 100 valence electrons. The lowest BCUT2D eigenvalue weighted by Gasteiger charge is -2.24. The molecule has 4 nitrogen and oxygen atoms in total. The highest BCUT2D eigenvalue weighted by molar-refractivity contribution is 5.29. The van der Waals surface area contributed by atoms with Crippen LogP contribution in [0.4, 0.5) is 0 Å². The Bertz CT molecular complexity index is 383. The number of nitrogens with zero attached hydrogens (tertiary/aromatic N) is 1. The van der Waals surface area contributed by atoms with E-state index in [-0.39, 0.29) is 6.10 Å². The second kappa shape index (κ2) is 6.27. The zero-order valence-electron chi connectivity index (χ0n) is 11.2. The maximum absolute atomic E-state index is 5.72. The molecule has 2 rings (SSSR count). The Hall–Kier alpha value is -0.970. The maximum atomic E-state index is 5.72. The highest BCUT2D eigenvalue weighted by atomic mass is 16.5. The van der Waals surface area contributed by atoms with Crippen molar-refractivity contribution in [1.29, 1.82) is 0 Å². The molecule has 1 aromatic rings. The average molecular weight is 249 g/mol. The highest BCUT2D eigenvalue weighted by Crippen LogP contribution is 2.35. The van der Waals surface area contributed by atoms with E-state index in [2.05, 4.69) is 23.4 Å². The number of methoxy groups -OCH3 is 1. The first-order chi connectivity index (χ1) is 8.76. The van der Waals surface area contributed by atoms with E-state index in [4.69, 9.17) is 10.6 Å². The van der Waals surface area contributed by atoms with Crippen molar-refractivity contribution < 1.29 is 4.74 Å². The minimum Gasteiger partial charge on any atom is -0.382 e. The molecule has 1 heterocycles. The molecule has 1 aliphatic carbocycles. The van der Waals surface area contributed by atoms with Crippen molar-refractivity contribution in [2.45, 2.75) is 50.7 Å². The van der Waals surface area contributed by atoms with Crippen LogP contribution in [0.15, 0.2) is 18.3 Å². The second-order valence-corrected chi connectivity index (χ2v) is 5.09. The van der Waals surface area contributed by atoms with E-state index in [1.807, 2.05) is 12.3 Å². The van der Waals surface area contributed by atoms with Gasteiger partial charge in [0.1, 0.15) is 0 Å². The smallest absolute Gasteiger partial charge is 0.0543 e. The van der Waals surface area contributed by atoms with Gasteiger partial charge in [-0.05, 0) is 44.2 Å². The topological polar surface area (TPSA) is 60.2 Å². The minimum atomic E-state index is 0.283. The molecule has 0 radical (unpaired) electrons. The van der Waals surface area contributed by atoms with Gasteiger partial charge in [-0.15, -0.1) is 0 Å². The number of rotatable bonds is 6. The van der Waals surface area contributed by atoms with Crippen LogP contribution in [0.2, 0.25) is 0 Å². The van der Waals surface area contributed by atoms with Gasteiger partial charge in [0.05, 0.1) is 6.10 Å². The Morgan fingerprint density at radius 1 is 1.56 bits per heavy atom. The van der Waals surface area contributed by atoms with Crippen LogP contribution in [-0.4, -0.2) is 24.2 Å². The van der Waals surface area contributed by atoms with Gasteiger partial charge in [-0.3, -0.25) is 16.3 Å². The number of hydrogen-bond donors (Lipinski definition) is 2. The van der Waals surface area contributed by atoms with E-state index < -0.39 is 0 Å². The zero-order chi connectivity index (χ0) is 13.0. The Balaban J connectivity index is 2.01. The predicted molar refractivity (Wildman–Crippen MR) is 72.1 cm³/mol. The van der Waals surface area contributed by atoms with E-state index in [1.54, 1.807) is 7.11 Å². The van der Waals surface area contributed by atoms with E-state index in [1.165, 1.54) is 11.3 Å². The van der Waals surface area contributed by atoms with Crippen molar-refractivity contribution in [3.05, 3.63) is 29.6 Å². The fourth-order valence-corrected chi connectivity index (χ4v) is 2.77. The number of nitrogens with two attached hydrogens (primary N) is 1. The minimum absolute atomic E-state index is 0.283. The molecular formula is C14H23N3O. The first-order valence-electron chi connectivity index (χ1n) is 6.69. The van der Waals surface area contributed by atoms with E-state index in [0.717, 1.165) is 25.7 Å². The normalized spacial score (nSPS) is 21.6. The molecule has 4 heteroatoms. The van der Waals surface area contributed by atoms with Crippen molar-refractivity contribution in [2.75, 3.05) is 7.11 Å². The number of nitrogens with one attached hydrogen (secondary N) is 1. The van der Waals surface area contributed by atoms with Gasteiger partial charge in [-0.2, -0.15) is 0 Å². The van der Waals surface area contributed by atoms with E-state index >= 15 is 0 Å². The molecule has 3 atom stereocenters. The lowest BCUT2D eigenvalue weighted by atomic mass is 9.93. The van der Waals surface area contributed by atoms with Crippen LogP contribution >= 0.6 is 0 Å². The molecule has 1 aromatic heterocycles. The summed E-state index contributed by atoms with van der Waals surface area (Å²) in [5.41, 5.74) is 5.57. The summed E-state index contributed by atoms with van der Waals surface area (Å²) in [5.74, 6) is 6.16. The molecule has 0 fully saturated rings. The van der Waals surface area contributed by atoms with Crippen LogP contribution in [0.1, 0.15) is 43.4 Å². The molecule has 0 amide bonds. The largest absolute Gasteiger partial charge is 0.382 e. The Morgan fingerprint density at radius 2 is 2.39 bits per heavy atom. The fraction of sp³-hybridized carbons (Fsp3) is 0.643. The summed E-state index contributed by atoms with van der Waals surface area (Å²) in [4.78, 5) is 4.53. The van der Waals surface area contributed by atoms with Crippen LogP contribution in [0.25, 0.3) is 0 Å². The third-order valence-electron chi connectivity index (χ3n) is 3.99. The van der Waals surface area contributed by atoms with Crippen molar-refractivity contribution >= 4 is 0 Å². The molecule has 3 unspecified atom stereocenters. The van der Waals surface area contributed by atoms with Gasteiger partial charge >= 0.3 is 0 Å². The SMILES string of the molecule is COC(C)CCC(NN)C1CCc2cccnc21. The summed E-state index contributed by atoms with van der Waals surface area (Å²) in [6, 6.07) is 4.48. The molecule has 18 heavy (non-hydrogen) atoms. The third kappa shape index (κ3) is 2.88. The number of hydrogen-bond acceptors (Lipinski definition) is 4. The summed E-state index contributed by atoms with van der Waals surface area (Å²) < 4.78 is 5.29. The third-order valence-corrected chi connectivity index (χ3v) is 3.99. The number of ether oxygens (including phenoxy) is 1. The molecule has 0 aliphatic heterocycles. The standard InChI is InChI=1S/C14H23N3O/c1-10(18-2)5-8-13(17-15)12-7-6-11-4-3-9-16-14(11)12/h3-4,9-10,12-13,17H,5-8,15H2,1-2H3. The monoisotopic (exact) mass is 249 g/mol. The summed E-state index contributed by atoms with van der Waals surface area (Å²) in [6.07, 6.45) is 6.46. The van der Waals surface area contributed by atoms with Crippen molar-refractivity contribution in [1.82, 2.24) is 10.4 Å². The van der Waals surface area contributed by atoms with Gasteiger partial charge in [0.25, 0.3) is 0 Å². The van der Waals surface area contributed by atoms with Gasteiger partial charge in [0.2, 0.25) is 0 Å². The van der Waals surface area contributed by atoms with Gasteiger partial charge in [0, 0.05) is 31.0 Å². The zero-order valence-corrected chi connectivity index (χ0v) is 11.2. The summed E-state index contributed by atoms with van der Waals surface area (Å²) in [6.45, 7) is 2.09. The quantitative estimate of drug-likeness (QED) is 0.596. The number of aryl methyl sites for hydroxylation is 1. The van der Waals surface area contributed by atoms with E-state index in [0.29, 0.717) is 12.0 Å². The summed E-state index contributed by atoms with van der Waals surface area (Å²) >= 11 is 0. The maximum Gasteiger partial charge on any atom is 0.0543 e. The van der Waals surface area contributed by atoms with Crippen LogP contribution < -0.4 is 11.3 Å². The van der Waals surface area contributed by atoms with Gasteiger partial charge < -0.3 is 4.74 Å². The van der Waals surface area contributed by atoms with Gasteiger partial charge in [-0.1, -0.05) is 6.07 Å². The van der Waals surface area contributed by atoms with Crippen LogP contribution in [0.3, 0.4) is 0 Å². The number of aromatic nitrogens is 1. The lowest BCUT2D eigenvalue weighted by Crippen LogP contribution is -2.40. The van der Waals surface area contributed by atoms with Crippen molar-refractivity contribution in [3.63, 3.8) is 0 Å². The fourth-order valence-electron chi connectivity index (χ4n) is 2.77. The van der Waals surface area contributed by atoms with Gasteiger partial charge in [0.15, 0.2) is 0 Å². The molecule has 0 bridgehead atoms. The molecule has 0 saturated heterocycles. The summed E-state index contributed by atoms with van der Waals surface area (Å²) in [5, 5.41) is 0. The summed E-state index contributed by atoms with van der Waals surface area (Å²) in [7, 11) is 1.75. The number of hydrazine groups is 1. The lowest BCUT2D eigenvalue weighted by molar-refractivity contribution is 0.105. The Labute approximate surface area is 109 Å². The average Bonchev–Trinajstić information content (AvgIpc) is 2.83. The molecule has 0 aromatic carbocycles. The van der Waals surface area contributed by atoms with Gasteiger partial charge in [-0.25, -0.2) is 0 Å². The number of fused-ring (bicyclic) bond motifs is 1. The molecule has 3 N–H and O–H groups in total. The predicted octanol–water partition coefficient (Wildman–Crippen LogP) is 1.76. The second-order valence-electron chi connectivity index (χ2n) is 5.09. The Kier molecular flexibility index (Phi) is 4.69. The van der Waals surface area contributed by atoms with Crippen LogP contribution in [0, 0.1) is 0 Å². The van der Waals surface area contributed by atoms with E-state index in [9.17, 15) is 0 Å². The highest BCUT2D eigenvalue weighted by Gasteiger charge is 2.30. The van der Waals surface area contributed by atoms with Crippen molar-refractivity contribution in [2.24, 2.45) is 5.84 Å². The first kappa shape index (κ1) is 13.5. The molecule has 0 spiro atoms. The van der Waals surface area contributed by atoms with Crippen LogP contribution in [0.5, 0.6) is 0 Å². The number of pyridine rings is 1. The molecular weight excluding hydrogens is 226 g/mol. The molecule has 0 saturated carbocycles. The molecule has 1 aliphatic rings. The Morgan fingerprint density at radius 3 is 3.11 bits per heavy atom. The first-order valence-corrected chi connectivity index (χ1v) is 6.69. The van der Waals surface area contributed by atoms with Crippen LogP contribution in [-0.2, 0) is 11.2 Å². The van der Waals surface area contributed by atoms with Crippen molar-refractivity contribution in [3.8, 4) is 0 Å².